The summed E-state index contributed by atoms with van der Waals surface area (Å²) in [5, 5.41) is 0. The molecule has 2 rings (SSSR count). The molecule has 0 aliphatic heterocycles. The molecule has 0 amide bonds. The van der Waals surface area contributed by atoms with Crippen molar-refractivity contribution in [2.45, 2.75) is 18.7 Å². The van der Waals surface area contributed by atoms with Crippen molar-refractivity contribution < 1.29 is 17.9 Å². The summed E-state index contributed by atoms with van der Waals surface area (Å²) in [6.45, 7) is 3.97. The third-order valence-electron chi connectivity index (χ3n) is 3.34. The van der Waals surface area contributed by atoms with Crippen molar-refractivity contribution >= 4 is 10.0 Å². The van der Waals surface area contributed by atoms with Gasteiger partial charge in [0.05, 0.1) is 12.0 Å². The van der Waals surface area contributed by atoms with E-state index in [-0.39, 0.29) is 18.0 Å². The van der Waals surface area contributed by atoms with E-state index >= 15 is 0 Å². The van der Waals surface area contributed by atoms with Crippen molar-refractivity contribution in [1.29, 1.82) is 0 Å². The van der Waals surface area contributed by atoms with Crippen LogP contribution < -0.4 is 14.2 Å². The van der Waals surface area contributed by atoms with Crippen LogP contribution in [0.2, 0.25) is 0 Å². The summed E-state index contributed by atoms with van der Waals surface area (Å²) in [4.78, 5) is 0.290. The van der Waals surface area contributed by atoms with Crippen LogP contribution in [0.5, 0.6) is 11.5 Å². The second-order valence-corrected chi connectivity index (χ2v) is 6.85. The Labute approximate surface area is 137 Å². The molecule has 0 aromatic heterocycles. The van der Waals surface area contributed by atoms with Crippen molar-refractivity contribution in [3.8, 4) is 11.5 Å². The van der Waals surface area contributed by atoms with Crippen LogP contribution in [0.1, 0.15) is 11.1 Å². The Morgan fingerprint density at radius 2 is 1.61 bits per heavy atom. The first-order valence-corrected chi connectivity index (χ1v) is 8.75. The van der Waals surface area contributed by atoms with E-state index < -0.39 is 10.0 Å². The van der Waals surface area contributed by atoms with Gasteiger partial charge >= 0.3 is 0 Å². The lowest BCUT2D eigenvalue weighted by molar-refractivity contribution is 0.323. The quantitative estimate of drug-likeness (QED) is 0.790. The molecule has 0 spiro atoms. The maximum Gasteiger partial charge on any atom is 0.241 e. The Balaban J connectivity index is 2.02. The number of para-hydroxylation sites is 1. The Bertz CT molecular complexity index is 734. The molecule has 0 aliphatic carbocycles. The van der Waals surface area contributed by atoms with Gasteiger partial charge in [0.2, 0.25) is 10.0 Å². The highest BCUT2D eigenvalue weighted by Gasteiger charge is 2.20. The largest absolute Gasteiger partial charge is 0.497 e. The predicted molar refractivity (Wildman–Crippen MR) is 89.6 cm³/mol. The minimum absolute atomic E-state index is 0.197. The van der Waals surface area contributed by atoms with Crippen molar-refractivity contribution in [2.75, 3.05) is 20.3 Å². The lowest BCUT2D eigenvalue weighted by Crippen LogP contribution is -2.29. The average molecular weight is 335 g/mol. The first-order chi connectivity index (χ1) is 10.9. The molecular formula is C17H21NO4S. The first-order valence-electron chi connectivity index (χ1n) is 7.27. The minimum atomic E-state index is -3.59. The number of sulfonamides is 1. The summed E-state index contributed by atoms with van der Waals surface area (Å²) in [6.07, 6.45) is 0. The second kappa shape index (κ2) is 7.48. The lowest BCUT2D eigenvalue weighted by Gasteiger charge is -2.14. The molecule has 0 aliphatic rings. The van der Waals surface area contributed by atoms with Crippen molar-refractivity contribution in [1.82, 2.24) is 4.72 Å². The van der Waals surface area contributed by atoms with Crippen LogP contribution in [-0.2, 0) is 10.0 Å². The van der Waals surface area contributed by atoms with Crippen molar-refractivity contribution in [2.24, 2.45) is 0 Å². The van der Waals surface area contributed by atoms with E-state index in [1.54, 1.807) is 33.1 Å². The standard InChI is InChI=1S/C17H21NO4S/c1-13-11-16(21-3)12-14(2)17(13)23(19,20)18-9-10-22-15-7-5-4-6-8-15/h4-8,11-12,18H,9-10H2,1-3H3. The summed E-state index contributed by atoms with van der Waals surface area (Å²) < 4.78 is 38.2. The van der Waals surface area contributed by atoms with Crippen LogP contribution in [0.4, 0.5) is 0 Å². The topological polar surface area (TPSA) is 64.6 Å². The highest BCUT2D eigenvalue weighted by atomic mass is 32.2. The summed E-state index contributed by atoms with van der Waals surface area (Å²) >= 11 is 0. The van der Waals surface area contributed by atoms with E-state index in [9.17, 15) is 8.42 Å². The van der Waals surface area contributed by atoms with Crippen LogP contribution in [-0.4, -0.2) is 28.7 Å². The molecule has 0 saturated heterocycles. The third-order valence-corrected chi connectivity index (χ3v) is 5.11. The fraction of sp³-hybridized carbons (Fsp3) is 0.294. The maximum atomic E-state index is 12.5. The Hall–Kier alpha value is -2.05. The number of benzene rings is 2. The van der Waals surface area contributed by atoms with Gasteiger partial charge in [0, 0.05) is 6.54 Å². The van der Waals surface area contributed by atoms with Gasteiger partial charge in [0.15, 0.2) is 0 Å². The fourth-order valence-electron chi connectivity index (χ4n) is 2.39. The molecule has 0 unspecified atom stereocenters. The second-order valence-electron chi connectivity index (χ2n) is 5.15. The molecule has 0 fully saturated rings. The molecule has 1 N–H and O–H groups in total. The molecule has 0 radical (unpaired) electrons. The zero-order valence-electron chi connectivity index (χ0n) is 13.5. The molecule has 23 heavy (non-hydrogen) atoms. The van der Waals surface area contributed by atoms with Crippen molar-refractivity contribution in [3.63, 3.8) is 0 Å². The van der Waals surface area contributed by atoms with Crippen LogP contribution in [0.15, 0.2) is 47.4 Å². The number of aryl methyl sites for hydroxylation is 2. The fourth-order valence-corrected chi connectivity index (χ4v) is 3.85. The third kappa shape index (κ3) is 4.46. The summed E-state index contributed by atoms with van der Waals surface area (Å²) in [5.41, 5.74) is 1.30. The Kier molecular flexibility index (Phi) is 5.63. The summed E-state index contributed by atoms with van der Waals surface area (Å²) in [6, 6.07) is 12.7. The monoisotopic (exact) mass is 335 g/mol. The zero-order valence-corrected chi connectivity index (χ0v) is 14.3. The van der Waals surface area contributed by atoms with Gasteiger partial charge in [-0.3, -0.25) is 0 Å². The van der Waals surface area contributed by atoms with Gasteiger partial charge in [-0.25, -0.2) is 13.1 Å². The molecule has 0 atom stereocenters. The van der Waals surface area contributed by atoms with Crippen LogP contribution >= 0.6 is 0 Å². The molecule has 0 heterocycles. The minimum Gasteiger partial charge on any atom is -0.497 e. The maximum absolute atomic E-state index is 12.5. The van der Waals surface area contributed by atoms with E-state index in [2.05, 4.69) is 4.72 Å². The number of ether oxygens (including phenoxy) is 2. The van der Waals surface area contributed by atoms with Crippen molar-refractivity contribution in [3.05, 3.63) is 53.6 Å². The molecule has 5 nitrogen and oxygen atoms in total. The predicted octanol–water partition coefficient (Wildman–Crippen LogP) is 2.67. The Morgan fingerprint density at radius 1 is 1.00 bits per heavy atom. The molecule has 124 valence electrons. The number of rotatable bonds is 7. The highest BCUT2D eigenvalue weighted by molar-refractivity contribution is 7.89. The molecular weight excluding hydrogens is 314 g/mol. The van der Waals surface area contributed by atoms with Gasteiger partial charge in [0.25, 0.3) is 0 Å². The normalized spacial score (nSPS) is 11.3. The van der Waals surface area contributed by atoms with E-state index in [0.717, 1.165) is 0 Å². The van der Waals surface area contributed by atoms with E-state index in [0.29, 0.717) is 22.6 Å². The van der Waals surface area contributed by atoms with Gasteiger partial charge in [-0.2, -0.15) is 0 Å². The molecule has 2 aromatic carbocycles. The summed E-state index contributed by atoms with van der Waals surface area (Å²) in [5.74, 6) is 1.36. The molecule has 0 saturated carbocycles. The van der Waals surface area contributed by atoms with Crippen LogP contribution in [0.25, 0.3) is 0 Å². The number of hydrogen-bond donors (Lipinski definition) is 1. The average Bonchev–Trinajstić information content (AvgIpc) is 2.51. The number of nitrogens with one attached hydrogen (secondary N) is 1. The van der Waals surface area contributed by atoms with Gasteiger partial charge in [-0.1, -0.05) is 18.2 Å². The summed E-state index contributed by atoms with van der Waals surface area (Å²) in [7, 11) is -2.03. The van der Waals surface area contributed by atoms with Gasteiger partial charge in [-0.05, 0) is 49.2 Å². The molecule has 2 aromatic rings. The number of hydrogen-bond acceptors (Lipinski definition) is 4. The molecule has 6 heteroatoms. The van der Waals surface area contributed by atoms with E-state index in [1.807, 2.05) is 30.3 Å². The molecule has 0 bridgehead atoms. The van der Waals surface area contributed by atoms with Crippen LogP contribution in [0.3, 0.4) is 0 Å². The van der Waals surface area contributed by atoms with Gasteiger partial charge in [0.1, 0.15) is 18.1 Å². The first kappa shape index (κ1) is 17.3. The van der Waals surface area contributed by atoms with Crippen LogP contribution in [0, 0.1) is 13.8 Å². The lowest BCUT2D eigenvalue weighted by atomic mass is 10.1. The highest BCUT2D eigenvalue weighted by Crippen LogP contribution is 2.25. The van der Waals surface area contributed by atoms with E-state index in [4.69, 9.17) is 9.47 Å². The zero-order chi connectivity index (χ0) is 16.9. The smallest absolute Gasteiger partial charge is 0.241 e. The van der Waals surface area contributed by atoms with Gasteiger partial charge in [-0.15, -0.1) is 0 Å². The van der Waals surface area contributed by atoms with E-state index in [1.165, 1.54) is 0 Å². The Morgan fingerprint density at radius 3 is 2.17 bits per heavy atom. The number of methoxy groups -OCH3 is 1. The SMILES string of the molecule is COc1cc(C)c(S(=O)(=O)NCCOc2ccccc2)c(C)c1. The van der Waals surface area contributed by atoms with Gasteiger partial charge < -0.3 is 9.47 Å².